The maximum atomic E-state index is 14.1. The monoisotopic (exact) mass is 505 g/mol. The molecule has 1 unspecified atom stereocenters. The van der Waals surface area contributed by atoms with E-state index in [2.05, 4.69) is 0 Å². The lowest BCUT2D eigenvalue weighted by molar-refractivity contribution is 0.0714. The minimum atomic E-state index is -0.719. The Morgan fingerprint density at radius 3 is 2.45 bits per heavy atom. The number of carbonyl (C=O) groups is 1. The van der Waals surface area contributed by atoms with Crippen LogP contribution in [0.15, 0.2) is 106 Å². The highest BCUT2D eigenvalue weighted by Gasteiger charge is 2.42. The Labute approximate surface area is 218 Å². The van der Waals surface area contributed by atoms with Gasteiger partial charge < -0.3 is 14.1 Å². The molecular weight excluding hydrogens is 481 g/mol. The second-order valence-electron chi connectivity index (χ2n) is 9.48. The minimum absolute atomic E-state index is 0.0122. The van der Waals surface area contributed by atoms with Crippen LogP contribution in [0.3, 0.4) is 0 Å². The Morgan fingerprint density at radius 1 is 0.868 bits per heavy atom. The molecule has 2 heterocycles. The van der Waals surface area contributed by atoms with Crippen LogP contribution < -0.4 is 10.2 Å². The van der Waals surface area contributed by atoms with E-state index in [0.717, 1.165) is 22.8 Å². The van der Waals surface area contributed by atoms with Crippen LogP contribution in [0.5, 0.6) is 5.75 Å². The number of nitrogens with zero attached hydrogens (tertiary/aromatic N) is 1. The van der Waals surface area contributed by atoms with Crippen molar-refractivity contribution in [3.63, 3.8) is 0 Å². The third kappa shape index (κ3) is 4.34. The van der Waals surface area contributed by atoms with Gasteiger partial charge in [0.2, 0.25) is 5.76 Å². The summed E-state index contributed by atoms with van der Waals surface area (Å²) < 4.78 is 26.0. The van der Waals surface area contributed by atoms with Gasteiger partial charge in [-0.3, -0.25) is 9.59 Å². The van der Waals surface area contributed by atoms with E-state index >= 15 is 0 Å². The van der Waals surface area contributed by atoms with Crippen LogP contribution in [0.2, 0.25) is 0 Å². The predicted molar refractivity (Wildman–Crippen MR) is 143 cm³/mol. The summed E-state index contributed by atoms with van der Waals surface area (Å²) in [5.41, 5.74) is 3.73. The fourth-order valence-electron chi connectivity index (χ4n) is 4.91. The fourth-order valence-corrected chi connectivity index (χ4v) is 4.91. The molecule has 1 amide bonds. The molecule has 6 rings (SSSR count). The quantitative estimate of drug-likeness (QED) is 0.262. The minimum Gasteiger partial charge on any atom is -0.489 e. The molecule has 6 heteroatoms. The molecule has 0 saturated carbocycles. The van der Waals surface area contributed by atoms with Gasteiger partial charge in [-0.25, -0.2) is 4.39 Å². The normalized spacial score (nSPS) is 14.6. The Kier molecular flexibility index (Phi) is 6.00. The van der Waals surface area contributed by atoms with Crippen LogP contribution in [-0.2, 0) is 13.2 Å². The van der Waals surface area contributed by atoms with E-state index in [4.69, 9.17) is 9.15 Å². The second-order valence-corrected chi connectivity index (χ2v) is 9.48. The molecule has 0 aliphatic carbocycles. The number of rotatable bonds is 6. The number of amides is 1. The van der Waals surface area contributed by atoms with Crippen LogP contribution in [-0.4, -0.2) is 10.8 Å². The van der Waals surface area contributed by atoms with E-state index in [1.807, 2.05) is 85.8 Å². The highest BCUT2D eigenvalue weighted by Crippen LogP contribution is 2.40. The Bertz CT molecular complexity index is 1710. The summed E-state index contributed by atoms with van der Waals surface area (Å²) in [5, 5.41) is 0.107. The molecule has 0 spiro atoms. The molecule has 5 aromatic rings. The van der Waals surface area contributed by atoms with Crippen molar-refractivity contribution >= 4 is 16.9 Å². The van der Waals surface area contributed by atoms with Crippen molar-refractivity contribution in [3.8, 4) is 5.75 Å². The Morgan fingerprint density at radius 2 is 1.66 bits per heavy atom. The molecule has 0 saturated heterocycles. The highest BCUT2D eigenvalue weighted by atomic mass is 19.1. The number of aryl methyl sites for hydroxylation is 1. The smallest absolute Gasteiger partial charge is 0.291 e. The molecule has 188 valence electrons. The lowest BCUT2D eigenvalue weighted by atomic mass is 9.98. The van der Waals surface area contributed by atoms with Gasteiger partial charge in [0.15, 0.2) is 5.43 Å². The van der Waals surface area contributed by atoms with Gasteiger partial charge >= 0.3 is 0 Å². The van der Waals surface area contributed by atoms with Gasteiger partial charge in [-0.05, 0) is 53.9 Å². The van der Waals surface area contributed by atoms with E-state index < -0.39 is 17.3 Å². The largest absolute Gasteiger partial charge is 0.489 e. The first kappa shape index (κ1) is 23.7. The number of benzene rings is 4. The summed E-state index contributed by atoms with van der Waals surface area (Å²) in [6.45, 7) is 2.65. The molecule has 4 aromatic carbocycles. The van der Waals surface area contributed by atoms with E-state index in [1.54, 1.807) is 4.90 Å². The summed E-state index contributed by atoms with van der Waals surface area (Å²) >= 11 is 0. The molecule has 1 atom stereocenters. The van der Waals surface area contributed by atoms with Crippen LogP contribution in [0.1, 0.15) is 44.4 Å². The first-order valence-electron chi connectivity index (χ1n) is 12.4. The summed E-state index contributed by atoms with van der Waals surface area (Å²) in [4.78, 5) is 29.0. The van der Waals surface area contributed by atoms with Gasteiger partial charge in [0, 0.05) is 6.54 Å². The lowest BCUT2D eigenvalue weighted by Gasteiger charge is -2.25. The highest BCUT2D eigenvalue weighted by molar-refractivity contribution is 5.99. The van der Waals surface area contributed by atoms with Crippen molar-refractivity contribution in [1.82, 2.24) is 4.90 Å². The van der Waals surface area contributed by atoms with Gasteiger partial charge in [-0.15, -0.1) is 0 Å². The summed E-state index contributed by atoms with van der Waals surface area (Å²) in [6, 6.07) is 28.1. The third-order valence-electron chi connectivity index (χ3n) is 6.82. The molecule has 1 aliphatic rings. The van der Waals surface area contributed by atoms with Crippen molar-refractivity contribution in [2.45, 2.75) is 26.1 Å². The number of hydrogen-bond acceptors (Lipinski definition) is 4. The molecule has 5 nitrogen and oxygen atoms in total. The van der Waals surface area contributed by atoms with E-state index in [9.17, 15) is 14.0 Å². The standard InChI is InChI=1S/C32H24FNO4/c1-20-10-12-21(13-11-20)18-34-29(23-8-5-9-25(16-23)37-19-22-6-3-2-4-7-22)28-30(35)26-17-24(33)14-15-27(26)38-31(28)32(34)36/h2-17,29H,18-19H2,1H3. The topological polar surface area (TPSA) is 59.8 Å². The first-order valence-corrected chi connectivity index (χ1v) is 12.4. The lowest BCUT2D eigenvalue weighted by Crippen LogP contribution is -2.29. The van der Waals surface area contributed by atoms with Gasteiger partial charge in [-0.2, -0.15) is 0 Å². The maximum absolute atomic E-state index is 14.1. The Hall–Kier alpha value is -4.71. The number of halogens is 1. The number of fused-ring (bicyclic) bond motifs is 2. The van der Waals surface area contributed by atoms with Crippen LogP contribution >= 0.6 is 0 Å². The molecule has 38 heavy (non-hydrogen) atoms. The molecular formula is C32H24FNO4. The van der Waals surface area contributed by atoms with E-state index in [0.29, 0.717) is 17.9 Å². The average Bonchev–Trinajstić information content (AvgIpc) is 3.21. The number of carbonyl (C=O) groups excluding carboxylic acids is 1. The molecule has 0 radical (unpaired) electrons. The number of ether oxygens (including phenoxy) is 1. The molecule has 0 N–H and O–H groups in total. The SMILES string of the molecule is Cc1ccc(CN2C(=O)c3oc4ccc(F)cc4c(=O)c3C2c2cccc(OCc3ccccc3)c2)cc1. The maximum Gasteiger partial charge on any atom is 0.291 e. The van der Waals surface area contributed by atoms with Crippen molar-refractivity contribution in [2.24, 2.45) is 0 Å². The van der Waals surface area contributed by atoms with Crippen molar-refractivity contribution in [3.05, 3.63) is 147 Å². The second kappa shape index (κ2) is 9.63. The zero-order chi connectivity index (χ0) is 26.2. The predicted octanol–water partition coefficient (Wildman–Crippen LogP) is 6.56. The van der Waals surface area contributed by atoms with Gasteiger partial charge in [0.25, 0.3) is 5.91 Å². The van der Waals surface area contributed by atoms with Crippen LogP contribution in [0, 0.1) is 12.7 Å². The van der Waals surface area contributed by atoms with Crippen molar-refractivity contribution in [2.75, 3.05) is 0 Å². The zero-order valence-electron chi connectivity index (χ0n) is 20.7. The summed E-state index contributed by atoms with van der Waals surface area (Å²) in [5.74, 6) is -0.330. The van der Waals surface area contributed by atoms with Crippen molar-refractivity contribution < 1.29 is 18.3 Å². The Balaban J connectivity index is 1.45. The summed E-state index contributed by atoms with van der Waals surface area (Å²) in [7, 11) is 0. The molecule has 0 bridgehead atoms. The van der Waals surface area contributed by atoms with E-state index in [1.165, 1.54) is 12.1 Å². The molecule has 0 fully saturated rings. The van der Waals surface area contributed by atoms with Gasteiger partial charge in [0.1, 0.15) is 23.8 Å². The van der Waals surface area contributed by atoms with Crippen LogP contribution in [0.25, 0.3) is 11.0 Å². The van der Waals surface area contributed by atoms with Gasteiger partial charge in [0.05, 0.1) is 17.0 Å². The molecule has 1 aromatic heterocycles. The van der Waals surface area contributed by atoms with Gasteiger partial charge in [-0.1, -0.05) is 72.3 Å². The third-order valence-corrected chi connectivity index (χ3v) is 6.82. The zero-order valence-corrected chi connectivity index (χ0v) is 20.7. The fraction of sp³-hybridized carbons (Fsp3) is 0.125. The average molecular weight is 506 g/mol. The summed E-state index contributed by atoms with van der Waals surface area (Å²) in [6.07, 6.45) is 0. The van der Waals surface area contributed by atoms with Crippen LogP contribution in [0.4, 0.5) is 4.39 Å². The van der Waals surface area contributed by atoms with E-state index in [-0.39, 0.29) is 34.7 Å². The van der Waals surface area contributed by atoms with Crippen molar-refractivity contribution in [1.29, 1.82) is 0 Å². The first-order chi connectivity index (χ1) is 18.5. The molecule has 1 aliphatic heterocycles. The number of hydrogen-bond donors (Lipinski definition) is 0.